The van der Waals surface area contributed by atoms with Gasteiger partial charge in [0.2, 0.25) is 0 Å². The first-order valence-corrected chi connectivity index (χ1v) is 5.51. The number of aliphatic hydroxyl groups excluding tert-OH is 1. The first-order valence-electron chi connectivity index (χ1n) is 5.51. The molecule has 0 heterocycles. The van der Waals surface area contributed by atoms with Gasteiger partial charge in [0.25, 0.3) is 5.91 Å². The van der Waals surface area contributed by atoms with Crippen molar-refractivity contribution in [2.45, 2.75) is 25.8 Å². The zero-order valence-corrected chi connectivity index (χ0v) is 9.74. The quantitative estimate of drug-likeness (QED) is 0.679. The van der Waals surface area contributed by atoms with E-state index in [1.165, 1.54) is 18.2 Å². The third-order valence-corrected chi connectivity index (χ3v) is 2.43. The molecule has 1 atom stereocenters. The van der Waals surface area contributed by atoms with Gasteiger partial charge in [0.15, 0.2) is 0 Å². The summed E-state index contributed by atoms with van der Waals surface area (Å²) >= 11 is 0. The Morgan fingerprint density at radius 2 is 2.29 bits per heavy atom. The molecule has 0 bridgehead atoms. The molecule has 4 nitrogen and oxygen atoms in total. The molecule has 0 spiro atoms. The highest BCUT2D eigenvalue weighted by Gasteiger charge is 2.10. The van der Waals surface area contributed by atoms with Crippen molar-refractivity contribution in [2.75, 3.05) is 12.3 Å². The Labute approximate surface area is 99.6 Å². The SMILES string of the molecule is CC(CCCO)NC(=O)c1ccc(F)c(N)c1. The molecule has 0 saturated heterocycles. The molecule has 1 aromatic carbocycles. The minimum absolute atomic E-state index is 0.0408. The minimum atomic E-state index is -0.533. The fourth-order valence-corrected chi connectivity index (χ4v) is 1.46. The summed E-state index contributed by atoms with van der Waals surface area (Å²) in [5.74, 6) is -0.822. The highest BCUT2D eigenvalue weighted by Crippen LogP contribution is 2.12. The summed E-state index contributed by atoms with van der Waals surface area (Å²) in [5, 5.41) is 11.4. The smallest absolute Gasteiger partial charge is 0.251 e. The molecule has 0 fully saturated rings. The molecule has 0 aliphatic carbocycles. The fraction of sp³-hybridized carbons (Fsp3) is 0.417. The molecule has 1 amide bonds. The molecule has 4 N–H and O–H groups in total. The van der Waals surface area contributed by atoms with E-state index in [9.17, 15) is 9.18 Å². The first kappa shape index (κ1) is 13.4. The van der Waals surface area contributed by atoms with Crippen molar-refractivity contribution in [3.05, 3.63) is 29.6 Å². The molecule has 17 heavy (non-hydrogen) atoms. The molecule has 0 aromatic heterocycles. The van der Waals surface area contributed by atoms with Gasteiger partial charge in [-0.3, -0.25) is 4.79 Å². The molecular weight excluding hydrogens is 223 g/mol. The van der Waals surface area contributed by atoms with Crippen LogP contribution in [0.2, 0.25) is 0 Å². The maximum Gasteiger partial charge on any atom is 0.251 e. The van der Waals surface area contributed by atoms with Crippen LogP contribution in [0.3, 0.4) is 0 Å². The van der Waals surface area contributed by atoms with Gasteiger partial charge in [0.05, 0.1) is 5.69 Å². The lowest BCUT2D eigenvalue weighted by atomic mass is 10.1. The molecule has 1 rings (SSSR count). The maximum absolute atomic E-state index is 12.9. The number of halogens is 1. The van der Waals surface area contributed by atoms with Crippen LogP contribution in [0.1, 0.15) is 30.1 Å². The van der Waals surface area contributed by atoms with E-state index in [0.717, 1.165) is 0 Å². The van der Waals surface area contributed by atoms with E-state index in [1.807, 2.05) is 6.92 Å². The van der Waals surface area contributed by atoms with Gasteiger partial charge in [-0.15, -0.1) is 0 Å². The summed E-state index contributed by atoms with van der Waals surface area (Å²) in [6.07, 6.45) is 1.33. The molecule has 0 saturated carbocycles. The third-order valence-electron chi connectivity index (χ3n) is 2.43. The normalized spacial score (nSPS) is 12.2. The number of rotatable bonds is 5. The zero-order chi connectivity index (χ0) is 12.8. The fourth-order valence-electron chi connectivity index (χ4n) is 1.46. The van der Waals surface area contributed by atoms with E-state index in [4.69, 9.17) is 10.8 Å². The molecule has 94 valence electrons. The summed E-state index contributed by atoms with van der Waals surface area (Å²) in [5.41, 5.74) is 5.67. The lowest BCUT2D eigenvalue weighted by Crippen LogP contribution is -2.32. The number of hydrogen-bond donors (Lipinski definition) is 3. The van der Waals surface area contributed by atoms with E-state index >= 15 is 0 Å². The number of nitrogens with one attached hydrogen (secondary N) is 1. The molecule has 5 heteroatoms. The molecule has 0 aliphatic heterocycles. The van der Waals surface area contributed by atoms with Crippen LogP contribution in [-0.2, 0) is 0 Å². The van der Waals surface area contributed by atoms with Crippen molar-refractivity contribution in [3.8, 4) is 0 Å². The van der Waals surface area contributed by atoms with Crippen LogP contribution >= 0.6 is 0 Å². The van der Waals surface area contributed by atoms with Crippen LogP contribution in [-0.4, -0.2) is 23.7 Å². The number of nitrogen functional groups attached to an aromatic ring is 1. The average Bonchev–Trinajstić information content (AvgIpc) is 2.30. The zero-order valence-electron chi connectivity index (χ0n) is 9.74. The van der Waals surface area contributed by atoms with Crippen molar-refractivity contribution in [1.29, 1.82) is 0 Å². The van der Waals surface area contributed by atoms with Gasteiger partial charge in [-0.2, -0.15) is 0 Å². The predicted octanol–water partition coefficient (Wildman–Crippen LogP) is 1.30. The second kappa shape index (κ2) is 6.20. The molecular formula is C12H17FN2O2. The van der Waals surface area contributed by atoms with Crippen LogP contribution in [0.5, 0.6) is 0 Å². The van der Waals surface area contributed by atoms with Gasteiger partial charge in [0.1, 0.15) is 5.82 Å². The average molecular weight is 240 g/mol. The first-order chi connectivity index (χ1) is 8.04. The van der Waals surface area contributed by atoms with E-state index in [-0.39, 0.29) is 24.2 Å². The summed E-state index contributed by atoms with van der Waals surface area (Å²) in [7, 11) is 0. The molecule has 1 aromatic rings. The molecule has 0 radical (unpaired) electrons. The number of aliphatic hydroxyl groups is 1. The van der Waals surface area contributed by atoms with Gasteiger partial charge in [-0.25, -0.2) is 4.39 Å². The van der Waals surface area contributed by atoms with Crippen LogP contribution in [0, 0.1) is 5.82 Å². The largest absolute Gasteiger partial charge is 0.396 e. The number of hydrogen-bond acceptors (Lipinski definition) is 3. The summed E-state index contributed by atoms with van der Waals surface area (Å²) < 4.78 is 12.9. The van der Waals surface area contributed by atoms with Gasteiger partial charge < -0.3 is 16.2 Å². The highest BCUT2D eigenvalue weighted by atomic mass is 19.1. The van der Waals surface area contributed by atoms with Gasteiger partial charge >= 0.3 is 0 Å². The number of benzene rings is 1. The molecule has 1 unspecified atom stereocenters. The van der Waals surface area contributed by atoms with Crippen LogP contribution < -0.4 is 11.1 Å². The van der Waals surface area contributed by atoms with Crippen molar-refractivity contribution >= 4 is 11.6 Å². The third kappa shape index (κ3) is 4.03. The lowest BCUT2D eigenvalue weighted by Gasteiger charge is -2.13. The van der Waals surface area contributed by atoms with Crippen molar-refractivity contribution in [2.24, 2.45) is 0 Å². The van der Waals surface area contributed by atoms with E-state index in [0.29, 0.717) is 18.4 Å². The second-order valence-electron chi connectivity index (χ2n) is 3.98. The minimum Gasteiger partial charge on any atom is -0.396 e. The van der Waals surface area contributed by atoms with E-state index < -0.39 is 5.82 Å². The Bertz CT molecular complexity index is 396. The number of amides is 1. The van der Waals surface area contributed by atoms with E-state index in [1.54, 1.807) is 0 Å². The number of carbonyl (C=O) groups is 1. The van der Waals surface area contributed by atoms with Gasteiger partial charge in [-0.1, -0.05) is 0 Å². The number of carbonyl (C=O) groups excluding carboxylic acids is 1. The Morgan fingerprint density at radius 1 is 1.59 bits per heavy atom. The maximum atomic E-state index is 12.9. The molecule has 0 aliphatic rings. The topological polar surface area (TPSA) is 75.3 Å². The Hall–Kier alpha value is -1.62. The highest BCUT2D eigenvalue weighted by molar-refractivity contribution is 5.95. The van der Waals surface area contributed by atoms with Gasteiger partial charge in [0, 0.05) is 18.2 Å². The van der Waals surface area contributed by atoms with E-state index in [2.05, 4.69) is 5.32 Å². The second-order valence-corrected chi connectivity index (χ2v) is 3.98. The predicted molar refractivity (Wildman–Crippen MR) is 64.1 cm³/mol. The van der Waals surface area contributed by atoms with Crippen molar-refractivity contribution < 1.29 is 14.3 Å². The van der Waals surface area contributed by atoms with Crippen LogP contribution in [0.4, 0.5) is 10.1 Å². The number of nitrogens with two attached hydrogens (primary N) is 1. The summed E-state index contributed by atoms with van der Waals surface area (Å²) in [6, 6.07) is 3.83. The van der Waals surface area contributed by atoms with Crippen LogP contribution in [0.15, 0.2) is 18.2 Å². The Kier molecular flexibility index (Phi) is 4.90. The van der Waals surface area contributed by atoms with Gasteiger partial charge in [-0.05, 0) is 38.0 Å². The lowest BCUT2D eigenvalue weighted by molar-refractivity contribution is 0.0936. The monoisotopic (exact) mass is 240 g/mol. The standard InChI is InChI=1S/C12H17FN2O2/c1-8(3-2-6-16)15-12(17)9-4-5-10(13)11(14)7-9/h4-5,7-8,16H,2-3,6,14H2,1H3,(H,15,17). The Balaban J connectivity index is 2.60. The van der Waals surface area contributed by atoms with Crippen molar-refractivity contribution in [3.63, 3.8) is 0 Å². The Morgan fingerprint density at radius 3 is 2.88 bits per heavy atom. The van der Waals surface area contributed by atoms with Crippen LogP contribution in [0.25, 0.3) is 0 Å². The summed E-state index contributed by atoms with van der Waals surface area (Å²) in [4.78, 5) is 11.7. The number of anilines is 1. The summed E-state index contributed by atoms with van der Waals surface area (Å²) in [6.45, 7) is 1.95. The van der Waals surface area contributed by atoms with Crippen molar-refractivity contribution in [1.82, 2.24) is 5.32 Å².